The van der Waals surface area contributed by atoms with E-state index in [2.05, 4.69) is 11.0 Å². The van der Waals surface area contributed by atoms with Crippen LogP contribution in [0.3, 0.4) is 0 Å². The maximum atomic E-state index is 13.6. The maximum absolute atomic E-state index is 13.6. The smallest absolute Gasteiger partial charge is 0.461 e. The van der Waals surface area contributed by atoms with E-state index in [9.17, 15) is 24.1 Å². The normalized spacial score (nSPS) is 25.2. The molecular formula is C22H26ClN4O10P. The Morgan fingerprint density at radius 2 is 2.03 bits per heavy atom. The second-order valence-corrected chi connectivity index (χ2v) is 10.1. The fourth-order valence-electron chi connectivity index (χ4n) is 3.36. The fraction of sp³-hybridized carbons (Fsp3) is 0.455. The van der Waals surface area contributed by atoms with Gasteiger partial charge in [-0.1, -0.05) is 24.1 Å². The summed E-state index contributed by atoms with van der Waals surface area (Å²) in [6, 6.07) is 7.85. The van der Waals surface area contributed by atoms with Crippen molar-refractivity contribution in [1.82, 2.24) is 14.8 Å². The number of halogens is 1. The van der Waals surface area contributed by atoms with Gasteiger partial charge in [-0.15, -0.1) is 0 Å². The number of para-hydroxylation sites is 1. The average Bonchev–Trinajstić information content (AvgIpc) is 3.08. The van der Waals surface area contributed by atoms with Gasteiger partial charge in [0.25, 0.3) is 5.56 Å². The number of rotatable bonds is 10. The molecule has 1 fully saturated rings. The summed E-state index contributed by atoms with van der Waals surface area (Å²) in [6.45, 7) is 3.87. The van der Waals surface area contributed by atoms with E-state index in [0.29, 0.717) is 4.68 Å². The molecule has 206 valence electrons. The minimum Gasteiger partial charge on any atom is -0.461 e. The molecule has 16 heteroatoms. The van der Waals surface area contributed by atoms with Gasteiger partial charge in [0.05, 0.1) is 12.7 Å². The third-order valence-corrected chi connectivity index (χ3v) is 6.67. The molecule has 0 saturated carbocycles. The first-order chi connectivity index (χ1) is 17.9. The molecule has 0 amide bonds. The standard InChI is InChI=1S/C22H26ClN4O10P/c1-13(2)34-19(30)14(3)36-38(32,37-15-7-5-4-6-8-15)33-12-16-18(29)22(24,9-10-23)20(35-16)27-21(31)26-17(28)11-25-27/h4-8,11,13-14,16,18,20,29H,12,24H2,1-3H3,(H,26,28,31)/t14?,16-,18?,20-,22-,38+/m1/s1. The lowest BCUT2D eigenvalue weighted by molar-refractivity contribution is -0.156. The van der Waals surface area contributed by atoms with E-state index in [0.717, 1.165) is 6.20 Å². The Balaban J connectivity index is 1.86. The highest BCUT2D eigenvalue weighted by molar-refractivity contribution is 7.49. The summed E-state index contributed by atoms with van der Waals surface area (Å²) in [5.74, 6) is 1.65. The van der Waals surface area contributed by atoms with Crippen molar-refractivity contribution in [3.63, 3.8) is 0 Å². The van der Waals surface area contributed by atoms with Crippen LogP contribution in [0.5, 0.6) is 5.75 Å². The maximum Gasteiger partial charge on any atom is 0.530 e. The predicted octanol–water partition coefficient (Wildman–Crippen LogP) is 0.648. The SMILES string of the molecule is CC(C)OC(=O)C(C)O[P@](=O)(OC[C@H]1O[C@@H](n2ncc(=O)[nH]c2=O)[C@@](N)(C#CCl)C1O)Oc1ccccc1. The molecule has 1 aliphatic rings. The lowest BCUT2D eigenvalue weighted by atomic mass is 9.92. The summed E-state index contributed by atoms with van der Waals surface area (Å²) >= 11 is 5.53. The number of nitrogens with one attached hydrogen (secondary N) is 1. The number of ether oxygens (including phenoxy) is 2. The van der Waals surface area contributed by atoms with E-state index in [4.69, 9.17) is 40.4 Å². The van der Waals surface area contributed by atoms with Crippen molar-refractivity contribution in [2.45, 2.75) is 57.0 Å². The molecule has 4 N–H and O–H groups in total. The third-order valence-electron chi connectivity index (χ3n) is 5.11. The Hall–Kier alpha value is -3.02. The Morgan fingerprint density at radius 3 is 2.63 bits per heavy atom. The number of aliphatic hydroxyl groups excluding tert-OH is 1. The monoisotopic (exact) mass is 572 g/mol. The van der Waals surface area contributed by atoms with Gasteiger partial charge in [-0.2, -0.15) is 9.78 Å². The average molecular weight is 573 g/mol. The number of aromatic nitrogens is 3. The molecule has 2 aromatic rings. The van der Waals surface area contributed by atoms with Gasteiger partial charge in [-0.25, -0.2) is 14.2 Å². The zero-order valence-electron chi connectivity index (χ0n) is 20.5. The minimum atomic E-state index is -4.57. The van der Waals surface area contributed by atoms with Crippen LogP contribution in [0, 0.1) is 11.3 Å². The predicted molar refractivity (Wildman–Crippen MR) is 132 cm³/mol. The Morgan fingerprint density at radius 1 is 1.34 bits per heavy atom. The van der Waals surface area contributed by atoms with Crippen LogP contribution in [0.2, 0.25) is 0 Å². The summed E-state index contributed by atoms with van der Waals surface area (Å²) in [4.78, 5) is 38.0. The zero-order chi connectivity index (χ0) is 28.1. The summed E-state index contributed by atoms with van der Waals surface area (Å²) < 4.78 is 41.2. The van der Waals surface area contributed by atoms with Crippen molar-refractivity contribution >= 4 is 25.4 Å². The Kier molecular flexibility index (Phi) is 9.50. The largest absolute Gasteiger partial charge is 0.530 e. The molecule has 1 aromatic carbocycles. The number of phosphoric ester groups is 1. The number of nitrogens with two attached hydrogens (primary N) is 1. The molecule has 2 unspecified atom stereocenters. The molecule has 1 aromatic heterocycles. The highest BCUT2D eigenvalue weighted by atomic mass is 35.5. The van der Waals surface area contributed by atoms with E-state index in [1.165, 1.54) is 19.1 Å². The number of benzene rings is 1. The van der Waals surface area contributed by atoms with Crippen LogP contribution in [0.4, 0.5) is 0 Å². The van der Waals surface area contributed by atoms with Crippen LogP contribution >= 0.6 is 19.4 Å². The molecule has 6 atom stereocenters. The van der Waals surface area contributed by atoms with Crippen molar-refractivity contribution in [1.29, 1.82) is 0 Å². The van der Waals surface area contributed by atoms with E-state index in [-0.39, 0.29) is 5.75 Å². The fourth-order valence-corrected chi connectivity index (χ4v) is 4.86. The molecule has 2 heterocycles. The van der Waals surface area contributed by atoms with Crippen LogP contribution in [0.1, 0.15) is 27.0 Å². The molecule has 0 aliphatic carbocycles. The minimum absolute atomic E-state index is 0.0937. The second-order valence-electron chi connectivity index (χ2n) is 8.39. The number of carbonyl (C=O) groups excluding carboxylic acids is 1. The quantitative estimate of drug-likeness (QED) is 0.205. The van der Waals surface area contributed by atoms with Crippen molar-refractivity contribution in [2.24, 2.45) is 5.73 Å². The van der Waals surface area contributed by atoms with Crippen LogP contribution < -0.4 is 21.5 Å². The van der Waals surface area contributed by atoms with Gasteiger partial charge in [0, 0.05) is 5.38 Å². The molecule has 14 nitrogen and oxygen atoms in total. The lowest BCUT2D eigenvalue weighted by Crippen LogP contribution is -2.55. The molecule has 3 rings (SSSR count). The van der Waals surface area contributed by atoms with Gasteiger partial charge < -0.3 is 24.8 Å². The molecule has 0 spiro atoms. The van der Waals surface area contributed by atoms with Gasteiger partial charge in [-0.05, 0) is 44.5 Å². The number of nitrogens with zero attached hydrogens (tertiary/aromatic N) is 2. The van der Waals surface area contributed by atoms with E-state index < -0.39 is 67.8 Å². The van der Waals surface area contributed by atoms with E-state index in [1.54, 1.807) is 32.0 Å². The lowest BCUT2D eigenvalue weighted by Gasteiger charge is -2.26. The van der Waals surface area contributed by atoms with Crippen molar-refractivity contribution in [3.05, 3.63) is 57.4 Å². The Labute approximate surface area is 221 Å². The number of aliphatic hydroxyl groups is 1. The second kappa shape index (κ2) is 12.2. The highest BCUT2D eigenvalue weighted by Gasteiger charge is 2.56. The summed E-state index contributed by atoms with van der Waals surface area (Å²) in [5, 5.41) is 16.6. The highest BCUT2D eigenvalue weighted by Crippen LogP contribution is 2.51. The number of carbonyl (C=O) groups is 1. The van der Waals surface area contributed by atoms with Crippen molar-refractivity contribution in [3.8, 4) is 17.0 Å². The van der Waals surface area contributed by atoms with Crippen molar-refractivity contribution < 1.29 is 37.5 Å². The van der Waals surface area contributed by atoms with Gasteiger partial charge in [0.2, 0.25) is 0 Å². The Bertz CT molecular complexity index is 1360. The van der Waals surface area contributed by atoms with Gasteiger partial charge in [-0.3, -0.25) is 18.8 Å². The molecule has 0 radical (unpaired) electrons. The topological polar surface area (TPSA) is 194 Å². The summed E-state index contributed by atoms with van der Waals surface area (Å²) in [7, 11) is -4.57. The van der Waals surface area contributed by atoms with Crippen LogP contribution in [-0.4, -0.2) is 62.4 Å². The molecule has 0 bridgehead atoms. The first-order valence-corrected chi connectivity index (χ1v) is 13.0. The van der Waals surface area contributed by atoms with Gasteiger partial charge >= 0.3 is 19.5 Å². The number of hydrogen-bond donors (Lipinski definition) is 3. The number of hydrogen-bond acceptors (Lipinski definition) is 12. The summed E-state index contributed by atoms with van der Waals surface area (Å²) in [5.41, 5.74) is 2.45. The van der Waals surface area contributed by atoms with Gasteiger partial charge in [0.15, 0.2) is 17.9 Å². The number of H-pyrrole nitrogens is 1. The van der Waals surface area contributed by atoms with Crippen molar-refractivity contribution in [2.75, 3.05) is 6.61 Å². The molecular weight excluding hydrogens is 547 g/mol. The van der Waals surface area contributed by atoms with Gasteiger partial charge in [0.1, 0.15) is 24.2 Å². The number of aromatic amines is 1. The van der Waals surface area contributed by atoms with E-state index >= 15 is 0 Å². The zero-order valence-corrected chi connectivity index (χ0v) is 22.1. The first-order valence-electron chi connectivity index (χ1n) is 11.2. The molecule has 38 heavy (non-hydrogen) atoms. The van der Waals surface area contributed by atoms with Crippen LogP contribution in [0.25, 0.3) is 0 Å². The summed E-state index contributed by atoms with van der Waals surface area (Å²) in [6.07, 6.45) is -5.63. The van der Waals surface area contributed by atoms with Crippen LogP contribution in [-0.2, 0) is 27.9 Å². The number of esters is 1. The third kappa shape index (κ3) is 6.89. The first kappa shape index (κ1) is 29.5. The number of phosphoric acid groups is 1. The molecule has 1 saturated heterocycles. The molecule has 1 aliphatic heterocycles. The van der Waals surface area contributed by atoms with Crippen LogP contribution in [0.15, 0.2) is 46.1 Å². The van der Waals surface area contributed by atoms with E-state index in [1.807, 2.05) is 10.4 Å².